The van der Waals surface area contributed by atoms with Crippen molar-refractivity contribution < 1.29 is 9.13 Å². The fourth-order valence-electron chi connectivity index (χ4n) is 2.27. The molecule has 0 spiro atoms. The zero-order valence-electron chi connectivity index (χ0n) is 12.9. The first-order valence-corrected chi connectivity index (χ1v) is 8.50. The first-order valence-electron chi connectivity index (χ1n) is 7.62. The number of benzene rings is 1. The molecule has 2 aromatic rings. The minimum atomic E-state index is -0.117. The first-order chi connectivity index (χ1) is 10.2. The van der Waals surface area contributed by atoms with Crippen molar-refractivity contribution in [3.05, 3.63) is 35.0 Å². The van der Waals surface area contributed by atoms with E-state index in [4.69, 9.17) is 4.74 Å². The largest absolute Gasteiger partial charge is 0.380 e. The molecule has 0 radical (unpaired) electrons. The van der Waals surface area contributed by atoms with E-state index in [1.54, 1.807) is 17.4 Å². The van der Waals surface area contributed by atoms with Crippen LogP contribution in [0, 0.1) is 5.82 Å². The summed E-state index contributed by atoms with van der Waals surface area (Å²) in [6, 6.07) is 5.61. The Bertz CT molecular complexity index is 555. The van der Waals surface area contributed by atoms with Gasteiger partial charge in [0.05, 0.1) is 13.2 Å². The van der Waals surface area contributed by atoms with Crippen molar-refractivity contribution in [3.8, 4) is 0 Å². The first kappa shape index (κ1) is 16.4. The van der Waals surface area contributed by atoms with Gasteiger partial charge in [-0.15, -0.1) is 11.3 Å². The van der Waals surface area contributed by atoms with E-state index in [2.05, 4.69) is 18.9 Å². The van der Waals surface area contributed by atoms with Crippen molar-refractivity contribution in [1.82, 2.24) is 4.90 Å². The molecule has 0 fully saturated rings. The number of fused-ring (bicyclic) bond motifs is 1. The molecule has 2 nitrogen and oxygen atoms in total. The summed E-state index contributed by atoms with van der Waals surface area (Å²) < 4.78 is 20.6. The van der Waals surface area contributed by atoms with Crippen molar-refractivity contribution in [2.75, 3.05) is 33.4 Å². The maximum atomic E-state index is 13.9. The Labute approximate surface area is 130 Å². The second-order valence-corrected chi connectivity index (χ2v) is 6.37. The highest BCUT2D eigenvalue weighted by Crippen LogP contribution is 2.24. The Morgan fingerprint density at radius 3 is 2.90 bits per heavy atom. The summed E-state index contributed by atoms with van der Waals surface area (Å²) in [5.41, 5.74) is 0.750. The van der Waals surface area contributed by atoms with Crippen molar-refractivity contribution in [1.29, 1.82) is 0 Å². The van der Waals surface area contributed by atoms with Gasteiger partial charge in [-0.05, 0) is 61.0 Å². The van der Waals surface area contributed by atoms with Crippen molar-refractivity contribution in [3.63, 3.8) is 0 Å². The van der Waals surface area contributed by atoms with Crippen LogP contribution in [0.1, 0.15) is 25.3 Å². The van der Waals surface area contributed by atoms with Crippen LogP contribution in [0.2, 0.25) is 0 Å². The van der Waals surface area contributed by atoms with E-state index >= 15 is 0 Å². The smallest absolute Gasteiger partial charge is 0.127 e. The van der Waals surface area contributed by atoms with E-state index in [1.807, 2.05) is 17.5 Å². The van der Waals surface area contributed by atoms with Crippen molar-refractivity contribution >= 4 is 21.4 Å². The van der Waals surface area contributed by atoms with Gasteiger partial charge >= 0.3 is 0 Å². The summed E-state index contributed by atoms with van der Waals surface area (Å²) in [6.45, 7) is 5.54. The van der Waals surface area contributed by atoms with Gasteiger partial charge in [0.2, 0.25) is 0 Å². The number of rotatable bonds is 9. The van der Waals surface area contributed by atoms with Crippen LogP contribution in [0.25, 0.3) is 10.1 Å². The second kappa shape index (κ2) is 8.47. The van der Waals surface area contributed by atoms with E-state index in [0.29, 0.717) is 19.6 Å². The highest BCUT2D eigenvalue weighted by Gasteiger charge is 2.06. The molecule has 1 heterocycles. The molecule has 0 unspecified atom stereocenters. The standard InChI is InChI=1S/C17H24FNOS/c1-3-4-7-19(2)8-10-20-9-5-14-12-15-6-11-21-17(15)13-16(14)18/h6,11-13H,3-5,7-10H2,1-2H3. The third-order valence-electron chi connectivity index (χ3n) is 3.65. The minimum Gasteiger partial charge on any atom is -0.380 e. The van der Waals surface area contributed by atoms with Crippen LogP contribution < -0.4 is 0 Å². The Morgan fingerprint density at radius 2 is 2.10 bits per heavy atom. The fourth-order valence-corrected chi connectivity index (χ4v) is 3.06. The van der Waals surface area contributed by atoms with Crippen LogP contribution in [0.3, 0.4) is 0 Å². The van der Waals surface area contributed by atoms with Gasteiger partial charge in [-0.25, -0.2) is 4.39 Å². The predicted molar refractivity (Wildman–Crippen MR) is 88.7 cm³/mol. The Balaban J connectivity index is 1.71. The van der Waals surface area contributed by atoms with Gasteiger partial charge < -0.3 is 9.64 Å². The van der Waals surface area contributed by atoms with Gasteiger partial charge in [0, 0.05) is 11.2 Å². The van der Waals surface area contributed by atoms with Gasteiger partial charge in [0.1, 0.15) is 5.82 Å². The molecule has 2 rings (SSSR count). The SMILES string of the molecule is CCCCN(C)CCOCCc1cc2ccsc2cc1F. The van der Waals surface area contributed by atoms with Gasteiger partial charge in [-0.1, -0.05) is 13.3 Å². The molecule has 0 saturated heterocycles. The van der Waals surface area contributed by atoms with Crippen LogP contribution >= 0.6 is 11.3 Å². The van der Waals surface area contributed by atoms with E-state index in [1.165, 1.54) is 12.8 Å². The Hall–Kier alpha value is -0.970. The molecule has 116 valence electrons. The highest BCUT2D eigenvalue weighted by molar-refractivity contribution is 7.17. The lowest BCUT2D eigenvalue weighted by atomic mass is 10.1. The number of unbranched alkanes of at least 4 members (excludes halogenated alkanes) is 1. The summed E-state index contributed by atoms with van der Waals surface area (Å²) in [6.07, 6.45) is 3.08. The molecule has 0 N–H and O–H groups in total. The summed E-state index contributed by atoms with van der Waals surface area (Å²) in [5, 5.41) is 3.12. The number of nitrogens with zero attached hydrogens (tertiary/aromatic N) is 1. The summed E-state index contributed by atoms with van der Waals surface area (Å²) >= 11 is 1.57. The van der Waals surface area contributed by atoms with E-state index in [0.717, 1.165) is 28.7 Å². The zero-order chi connectivity index (χ0) is 15.1. The highest BCUT2D eigenvalue weighted by atomic mass is 32.1. The lowest BCUT2D eigenvalue weighted by molar-refractivity contribution is 0.113. The maximum absolute atomic E-state index is 13.9. The van der Waals surface area contributed by atoms with Gasteiger partial charge in [-0.3, -0.25) is 0 Å². The van der Waals surface area contributed by atoms with E-state index in [9.17, 15) is 4.39 Å². The molecule has 1 aromatic carbocycles. The monoisotopic (exact) mass is 309 g/mol. The molecule has 4 heteroatoms. The van der Waals surface area contributed by atoms with Crippen LogP contribution in [0.4, 0.5) is 4.39 Å². The Morgan fingerprint density at radius 1 is 1.24 bits per heavy atom. The van der Waals surface area contributed by atoms with Crippen LogP contribution in [-0.4, -0.2) is 38.3 Å². The third kappa shape index (κ3) is 5.06. The van der Waals surface area contributed by atoms with Crippen molar-refractivity contribution in [2.45, 2.75) is 26.2 Å². The average molecular weight is 309 g/mol. The molecule has 0 atom stereocenters. The molecule has 0 saturated carbocycles. The van der Waals surface area contributed by atoms with Gasteiger partial charge in [-0.2, -0.15) is 0 Å². The number of hydrogen-bond donors (Lipinski definition) is 0. The third-order valence-corrected chi connectivity index (χ3v) is 4.53. The number of likely N-dealkylation sites (N-methyl/N-ethyl adjacent to an activating group) is 1. The molecule has 0 aliphatic carbocycles. The number of hydrogen-bond acceptors (Lipinski definition) is 3. The minimum absolute atomic E-state index is 0.117. The van der Waals surface area contributed by atoms with Crippen LogP contribution in [0.5, 0.6) is 0 Å². The quantitative estimate of drug-likeness (QED) is 0.639. The second-order valence-electron chi connectivity index (χ2n) is 5.42. The van der Waals surface area contributed by atoms with E-state index < -0.39 is 0 Å². The predicted octanol–water partition coefficient (Wildman–Crippen LogP) is 4.33. The lowest BCUT2D eigenvalue weighted by Crippen LogP contribution is -2.24. The molecular weight excluding hydrogens is 285 g/mol. The van der Waals surface area contributed by atoms with Crippen LogP contribution in [-0.2, 0) is 11.2 Å². The summed E-state index contributed by atoms with van der Waals surface area (Å²) in [5.74, 6) is -0.117. The summed E-state index contributed by atoms with van der Waals surface area (Å²) in [7, 11) is 2.11. The molecular formula is C17H24FNOS. The maximum Gasteiger partial charge on any atom is 0.127 e. The number of ether oxygens (including phenoxy) is 1. The number of thiophene rings is 1. The molecule has 1 aromatic heterocycles. The zero-order valence-corrected chi connectivity index (χ0v) is 13.7. The molecule has 0 aliphatic rings. The summed E-state index contributed by atoms with van der Waals surface area (Å²) in [4.78, 5) is 2.28. The van der Waals surface area contributed by atoms with Gasteiger partial charge in [0.15, 0.2) is 0 Å². The molecule has 0 amide bonds. The Kier molecular flexibility index (Phi) is 6.61. The molecule has 0 aliphatic heterocycles. The fraction of sp³-hybridized carbons (Fsp3) is 0.529. The van der Waals surface area contributed by atoms with Crippen molar-refractivity contribution in [2.24, 2.45) is 0 Å². The number of halogens is 1. The topological polar surface area (TPSA) is 12.5 Å². The normalized spacial score (nSPS) is 11.6. The molecule has 21 heavy (non-hydrogen) atoms. The van der Waals surface area contributed by atoms with Crippen LogP contribution in [0.15, 0.2) is 23.6 Å². The van der Waals surface area contributed by atoms with E-state index in [-0.39, 0.29) is 5.82 Å². The average Bonchev–Trinajstić information content (AvgIpc) is 2.91. The van der Waals surface area contributed by atoms with Gasteiger partial charge in [0.25, 0.3) is 0 Å². The molecule has 0 bridgehead atoms. The lowest BCUT2D eigenvalue weighted by Gasteiger charge is -2.15.